The van der Waals surface area contributed by atoms with Crippen molar-refractivity contribution in [1.82, 2.24) is 9.97 Å². The molecule has 0 amide bonds. The van der Waals surface area contributed by atoms with Crippen LogP contribution in [-0.4, -0.2) is 16.6 Å². The highest BCUT2D eigenvalue weighted by molar-refractivity contribution is 5.06. The molecular weight excluding hydrogens is 190 g/mol. The van der Waals surface area contributed by atoms with Gasteiger partial charge in [-0.25, -0.2) is 4.98 Å². The summed E-state index contributed by atoms with van der Waals surface area (Å²) in [6.45, 7) is 1.20. The predicted molar refractivity (Wildman–Crippen MR) is 57.4 cm³/mol. The summed E-state index contributed by atoms with van der Waals surface area (Å²) < 4.78 is 5.57. The third-order valence-corrected chi connectivity index (χ3v) is 2.83. The molecule has 4 nitrogen and oxygen atoms in total. The molecule has 0 unspecified atom stereocenters. The topological polar surface area (TPSA) is 61.0 Å². The molecule has 0 bridgehead atoms. The lowest BCUT2D eigenvalue weighted by molar-refractivity contribution is 0.242. The third kappa shape index (κ3) is 2.89. The van der Waals surface area contributed by atoms with Crippen molar-refractivity contribution >= 4 is 0 Å². The Morgan fingerprint density at radius 2 is 2.07 bits per heavy atom. The van der Waals surface area contributed by atoms with Crippen LogP contribution < -0.4 is 10.5 Å². The Kier molecular flexibility index (Phi) is 3.50. The SMILES string of the molecule is NCc1cnc(OCC2CCCC2)cn1. The van der Waals surface area contributed by atoms with Gasteiger partial charge in [-0.05, 0) is 18.8 Å². The van der Waals surface area contributed by atoms with Crippen molar-refractivity contribution in [2.24, 2.45) is 11.7 Å². The van der Waals surface area contributed by atoms with Crippen molar-refractivity contribution in [1.29, 1.82) is 0 Å². The van der Waals surface area contributed by atoms with Crippen LogP contribution in [0.1, 0.15) is 31.4 Å². The summed E-state index contributed by atoms with van der Waals surface area (Å²) in [7, 11) is 0. The normalized spacial score (nSPS) is 16.9. The first-order chi connectivity index (χ1) is 7.38. The quantitative estimate of drug-likeness (QED) is 0.812. The number of hydrogen-bond donors (Lipinski definition) is 1. The molecule has 1 fully saturated rings. The van der Waals surface area contributed by atoms with E-state index in [1.165, 1.54) is 25.7 Å². The Labute approximate surface area is 89.9 Å². The third-order valence-electron chi connectivity index (χ3n) is 2.83. The summed E-state index contributed by atoms with van der Waals surface area (Å²) >= 11 is 0. The van der Waals surface area contributed by atoms with Crippen molar-refractivity contribution in [2.45, 2.75) is 32.2 Å². The summed E-state index contributed by atoms with van der Waals surface area (Å²) in [4.78, 5) is 8.28. The molecule has 15 heavy (non-hydrogen) atoms. The number of nitrogens with two attached hydrogens (primary N) is 1. The molecule has 2 N–H and O–H groups in total. The van der Waals surface area contributed by atoms with E-state index in [0.717, 1.165) is 12.3 Å². The van der Waals surface area contributed by atoms with Gasteiger partial charge in [0.05, 0.1) is 24.7 Å². The van der Waals surface area contributed by atoms with E-state index in [9.17, 15) is 0 Å². The molecule has 0 aromatic carbocycles. The standard InChI is InChI=1S/C11H17N3O/c12-5-10-6-14-11(7-13-10)15-8-9-3-1-2-4-9/h6-7,9H,1-5,8,12H2. The minimum atomic E-state index is 0.426. The number of nitrogens with zero attached hydrogens (tertiary/aromatic N) is 2. The van der Waals surface area contributed by atoms with Crippen LogP contribution in [-0.2, 0) is 6.54 Å². The minimum Gasteiger partial charge on any atom is -0.476 e. The van der Waals surface area contributed by atoms with Gasteiger partial charge in [-0.2, -0.15) is 0 Å². The first-order valence-electron chi connectivity index (χ1n) is 5.52. The van der Waals surface area contributed by atoms with Gasteiger partial charge >= 0.3 is 0 Å². The molecule has 1 heterocycles. The van der Waals surface area contributed by atoms with Gasteiger partial charge in [0.15, 0.2) is 0 Å². The van der Waals surface area contributed by atoms with Gasteiger partial charge in [-0.15, -0.1) is 0 Å². The van der Waals surface area contributed by atoms with Crippen LogP contribution >= 0.6 is 0 Å². The van der Waals surface area contributed by atoms with Crippen molar-refractivity contribution in [3.63, 3.8) is 0 Å². The molecule has 1 saturated carbocycles. The average molecular weight is 207 g/mol. The van der Waals surface area contributed by atoms with Gasteiger partial charge in [-0.1, -0.05) is 12.8 Å². The van der Waals surface area contributed by atoms with Crippen molar-refractivity contribution in [3.05, 3.63) is 18.1 Å². The van der Waals surface area contributed by atoms with E-state index < -0.39 is 0 Å². The fourth-order valence-corrected chi connectivity index (χ4v) is 1.90. The minimum absolute atomic E-state index is 0.426. The number of aromatic nitrogens is 2. The molecule has 2 rings (SSSR count). The number of ether oxygens (including phenoxy) is 1. The Morgan fingerprint density at radius 1 is 1.27 bits per heavy atom. The Hall–Kier alpha value is -1.16. The van der Waals surface area contributed by atoms with Gasteiger partial charge < -0.3 is 10.5 Å². The molecule has 82 valence electrons. The lowest BCUT2D eigenvalue weighted by Crippen LogP contribution is -2.09. The fraction of sp³-hybridized carbons (Fsp3) is 0.636. The maximum Gasteiger partial charge on any atom is 0.232 e. The molecule has 1 aliphatic rings. The highest BCUT2D eigenvalue weighted by Gasteiger charge is 2.15. The van der Waals surface area contributed by atoms with Crippen LogP contribution in [0.25, 0.3) is 0 Å². The molecule has 0 atom stereocenters. The van der Waals surface area contributed by atoms with Crippen molar-refractivity contribution in [3.8, 4) is 5.88 Å². The second-order valence-electron chi connectivity index (χ2n) is 4.01. The summed E-state index contributed by atoms with van der Waals surface area (Å²) in [5, 5.41) is 0. The van der Waals surface area contributed by atoms with Crippen LogP contribution in [0.2, 0.25) is 0 Å². The summed E-state index contributed by atoms with van der Waals surface area (Å²) in [6, 6.07) is 0. The molecule has 1 aromatic rings. The molecule has 0 saturated heterocycles. The van der Waals surface area contributed by atoms with E-state index in [4.69, 9.17) is 10.5 Å². The zero-order valence-corrected chi connectivity index (χ0v) is 8.85. The second kappa shape index (κ2) is 5.07. The zero-order valence-electron chi connectivity index (χ0n) is 8.85. The molecular formula is C11H17N3O. The van der Waals surface area contributed by atoms with E-state index in [1.807, 2.05) is 0 Å². The lowest BCUT2D eigenvalue weighted by atomic mass is 10.1. The smallest absolute Gasteiger partial charge is 0.232 e. The maximum atomic E-state index is 5.57. The van der Waals surface area contributed by atoms with E-state index in [1.54, 1.807) is 12.4 Å². The molecule has 0 aliphatic heterocycles. The van der Waals surface area contributed by atoms with Gasteiger partial charge in [0.25, 0.3) is 0 Å². The zero-order chi connectivity index (χ0) is 10.5. The Bertz CT molecular complexity index is 293. The highest BCUT2D eigenvalue weighted by Crippen LogP contribution is 2.24. The monoisotopic (exact) mass is 207 g/mol. The van der Waals surface area contributed by atoms with Crippen LogP contribution in [0, 0.1) is 5.92 Å². The summed E-state index contributed by atoms with van der Waals surface area (Å²) in [6.07, 6.45) is 8.57. The van der Waals surface area contributed by atoms with Gasteiger partial charge in [0.2, 0.25) is 5.88 Å². The van der Waals surface area contributed by atoms with Crippen LogP contribution in [0.4, 0.5) is 0 Å². The van der Waals surface area contributed by atoms with Crippen LogP contribution in [0.15, 0.2) is 12.4 Å². The Balaban J connectivity index is 1.82. The largest absolute Gasteiger partial charge is 0.476 e. The van der Waals surface area contributed by atoms with Crippen LogP contribution in [0.5, 0.6) is 5.88 Å². The van der Waals surface area contributed by atoms with E-state index in [-0.39, 0.29) is 0 Å². The first kappa shape index (κ1) is 10.4. The highest BCUT2D eigenvalue weighted by atomic mass is 16.5. The molecule has 1 aliphatic carbocycles. The lowest BCUT2D eigenvalue weighted by Gasteiger charge is -2.09. The predicted octanol–water partition coefficient (Wildman–Crippen LogP) is 1.50. The van der Waals surface area contributed by atoms with E-state index >= 15 is 0 Å². The van der Waals surface area contributed by atoms with E-state index in [0.29, 0.717) is 18.3 Å². The first-order valence-corrected chi connectivity index (χ1v) is 5.52. The fourth-order valence-electron chi connectivity index (χ4n) is 1.90. The van der Waals surface area contributed by atoms with Crippen LogP contribution in [0.3, 0.4) is 0 Å². The molecule has 0 spiro atoms. The second-order valence-corrected chi connectivity index (χ2v) is 4.01. The molecule has 0 radical (unpaired) electrons. The van der Waals surface area contributed by atoms with Gasteiger partial charge in [0.1, 0.15) is 0 Å². The van der Waals surface area contributed by atoms with Gasteiger partial charge in [0, 0.05) is 6.54 Å². The van der Waals surface area contributed by atoms with Crippen molar-refractivity contribution in [2.75, 3.05) is 6.61 Å². The molecule has 1 aromatic heterocycles. The number of rotatable bonds is 4. The average Bonchev–Trinajstić information content (AvgIpc) is 2.80. The van der Waals surface area contributed by atoms with Gasteiger partial charge in [-0.3, -0.25) is 4.98 Å². The van der Waals surface area contributed by atoms with E-state index in [2.05, 4.69) is 9.97 Å². The Morgan fingerprint density at radius 3 is 2.67 bits per heavy atom. The summed E-state index contributed by atoms with van der Waals surface area (Å²) in [5.74, 6) is 1.32. The summed E-state index contributed by atoms with van der Waals surface area (Å²) in [5.41, 5.74) is 6.22. The van der Waals surface area contributed by atoms with Crippen molar-refractivity contribution < 1.29 is 4.74 Å². The number of hydrogen-bond acceptors (Lipinski definition) is 4. The molecule has 4 heteroatoms. The maximum absolute atomic E-state index is 5.57.